The van der Waals surface area contributed by atoms with Crippen molar-refractivity contribution in [3.8, 4) is 0 Å². The first-order valence-corrected chi connectivity index (χ1v) is 7.10. The Labute approximate surface area is 132 Å². The molecule has 8 heteroatoms. The minimum atomic E-state index is -4.48. The van der Waals surface area contributed by atoms with E-state index in [1.165, 1.54) is 0 Å². The van der Waals surface area contributed by atoms with Crippen LogP contribution in [0.2, 0.25) is 5.02 Å². The van der Waals surface area contributed by atoms with Gasteiger partial charge in [0.1, 0.15) is 0 Å². The lowest BCUT2D eigenvalue weighted by molar-refractivity contribution is -0.137. The fourth-order valence-electron chi connectivity index (χ4n) is 1.71. The lowest BCUT2D eigenvalue weighted by Crippen LogP contribution is -2.30. The van der Waals surface area contributed by atoms with Gasteiger partial charge in [-0.1, -0.05) is 11.6 Å². The second kappa shape index (κ2) is 8.36. The number of hydrogen-bond acceptors (Lipinski definition) is 3. The summed E-state index contributed by atoms with van der Waals surface area (Å²) >= 11 is 5.80. The smallest absolute Gasteiger partial charge is 0.324 e. The predicted molar refractivity (Wildman–Crippen MR) is 81.1 cm³/mol. The van der Waals surface area contributed by atoms with E-state index in [9.17, 15) is 18.0 Å². The molecule has 0 saturated heterocycles. The summed E-state index contributed by atoms with van der Waals surface area (Å²) in [4.78, 5) is 13.7. The van der Waals surface area contributed by atoms with Crippen molar-refractivity contribution in [1.82, 2.24) is 10.2 Å². The molecule has 0 aliphatic carbocycles. The number of nitrogens with one attached hydrogen (secondary N) is 2. The third-order valence-corrected chi connectivity index (χ3v) is 3.14. The number of halogens is 4. The molecular formula is C14H19ClF3N3O. The third-order valence-electron chi connectivity index (χ3n) is 2.81. The topological polar surface area (TPSA) is 44.4 Å². The van der Waals surface area contributed by atoms with Crippen LogP contribution in [0.4, 0.5) is 18.9 Å². The average molecular weight is 338 g/mol. The summed E-state index contributed by atoms with van der Waals surface area (Å²) in [5.74, 6) is -0.439. The molecule has 4 nitrogen and oxygen atoms in total. The fourth-order valence-corrected chi connectivity index (χ4v) is 1.88. The molecule has 0 radical (unpaired) electrons. The maximum Gasteiger partial charge on any atom is 0.416 e. The van der Waals surface area contributed by atoms with Crippen LogP contribution in [0.1, 0.15) is 12.0 Å². The predicted octanol–water partition coefficient (Wildman–Crippen LogP) is 2.84. The van der Waals surface area contributed by atoms with E-state index in [0.717, 1.165) is 31.2 Å². The highest BCUT2D eigenvalue weighted by atomic mass is 35.5. The molecule has 0 fully saturated rings. The summed E-state index contributed by atoms with van der Waals surface area (Å²) < 4.78 is 37.9. The van der Waals surface area contributed by atoms with E-state index in [1.54, 1.807) is 0 Å². The molecule has 22 heavy (non-hydrogen) atoms. The van der Waals surface area contributed by atoms with Crippen molar-refractivity contribution >= 4 is 23.2 Å². The molecule has 0 aliphatic rings. The van der Waals surface area contributed by atoms with Gasteiger partial charge < -0.3 is 15.5 Å². The van der Waals surface area contributed by atoms with Crippen LogP contribution >= 0.6 is 11.6 Å². The van der Waals surface area contributed by atoms with Gasteiger partial charge in [0.2, 0.25) is 5.91 Å². The van der Waals surface area contributed by atoms with Gasteiger partial charge in [0.05, 0.1) is 22.8 Å². The monoisotopic (exact) mass is 337 g/mol. The molecular weight excluding hydrogens is 319 g/mol. The van der Waals surface area contributed by atoms with Gasteiger partial charge in [-0.05, 0) is 51.8 Å². The maximum atomic E-state index is 12.6. The quantitative estimate of drug-likeness (QED) is 0.752. The number of carbonyl (C=O) groups is 1. The van der Waals surface area contributed by atoms with Crippen LogP contribution < -0.4 is 10.6 Å². The van der Waals surface area contributed by atoms with E-state index in [4.69, 9.17) is 11.6 Å². The molecule has 0 heterocycles. The number of anilines is 1. The van der Waals surface area contributed by atoms with Crippen molar-refractivity contribution in [2.24, 2.45) is 0 Å². The molecule has 1 rings (SSSR count). The Hall–Kier alpha value is -1.31. The fraction of sp³-hybridized carbons (Fsp3) is 0.500. The standard InChI is InChI=1S/C14H19ClF3N3O/c1-21(2)7-3-6-19-9-13(22)20-12-8-10(14(16,17)18)4-5-11(12)15/h4-5,8,19H,3,6-7,9H2,1-2H3,(H,20,22). The summed E-state index contributed by atoms with van der Waals surface area (Å²) in [6.45, 7) is 1.54. The van der Waals surface area contributed by atoms with Crippen molar-refractivity contribution in [3.05, 3.63) is 28.8 Å². The number of alkyl halides is 3. The van der Waals surface area contributed by atoms with Crippen molar-refractivity contribution in [1.29, 1.82) is 0 Å². The zero-order valence-corrected chi connectivity index (χ0v) is 13.2. The highest BCUT2D eigenvalue weighted by molar-refractivity contribution is 6.33. The van der Waals surface area contributed by atoms with Crippen LogP contribution in [0, 0.1) is 0 Å². The van der Waals surface area contributed by atoms with Crippen molar-refractivity contribution < 1.29 is 18.0 Å². The van der Waals surface area contributed by atoms with Crippen LogP contribution in [0.5, 0.6) is 0 Å². The Morgan fingerprint density at radius 2 is 2.00 bits per heavy atom. The number of nitrogens with zero attached hydrogens (tertiary/aromatic N) is 1. The minimum absolute atomic E-state index is 0.0139. The highest BCUT2D eigenvalue weighted by Crippen LogP contribution is 2.33. The summed E-state index contributed by atoms with van der Waals surface area (Å²) in [6.07, 6.45) is -3.61. The van der Waals surface area contributed by atoms with Crippen molar-refractivity contribution in [2.45, 2.75) is 12.6 Å². The number of carbonyl (C=O) groups excluding carboxylic acids is 1. The maximum absolute atomic E-state index is 12.6. The minimum Gasteiger partial charge on any atom is -0.324 e. The van der Waals surface area contributed by atoms with Crippen LogP contribution in [0.3, 0.4) is 0 Å². The Morgan fingerprint density at radius 1 is 1.32 bits per heavy atom. The molecule has 0 spiro atoms. The Balaban J connectivity index is 2.50. The second-order valence-corrected chi connectivity index (χ2v) is 5.48. The number of amides is 1. The Kier molecular flexibility index (Phi) is 7.12. The summed E-state index contributed by atoms with van der Waals surface area (Å²) in [7, 11) is 3.89. The van der Waals surface area contributed by atoms with Crippen molar-refractivity contribution in [2.75, 3.05) is 39.0 Å². The number of rotatable bonds is 7. The van der Waals surface area contributed by atoms with Crippen LogP contribution in [0.25, 0.3) is 0 Å². The molecule has 1 amide bonds. The van der Waals surface area contributed by atoms with Gasteiger partial charge in [0.25, 0.3) is 0 Å². The molecule has 2 N–H and O–H groups in total. The summed E-state index contributed by atoms with van der Waals surface area (Å²) in [5.41, 5.74) is -0.900. The molecule has 1 aromatic carbocycles. The van der Waals surface area contributed by atoms with Gasteiger partial charge in [-0.3, -0.25) is 4.79 Å². The van der Waals surface area contributed by atoms with Gasteiger partial charge in [0, 0.05) is 0 Å². The normalized spacial score (nSPS) is 11.8. The summed E-state index contributed by atoms with van der Waals surface area (Å²) in [5, 5.41) is 5.36. The van der Waals surface area contributed by atoms with E-state index in [1.807, 2.05) is 19.0 Å². The first kappa shape index (κ1) is 18.7. The van der Waals surface area contributed by atoms with Crippen LogP contribution in [-0.4, -0.2) is 44.5 Å². The van der Waals surface area contributed by atoms with Gasteiger partial charge in [-0.25, -0.2) is 0 Å². The van der Waals surface area contributed by atoms with E-state index in [0.29, 0.717) is 6.54 Å². The zero-order valence-electron chi connectivity index (χ0n) is 12.4. The van der Waals surface area contributed by atoms with E-state index in [-0.39, 0.29) is 17.3 Å². The van der Waals surface area contributed by atoms with E-state index < -0.39 is 17.6 Å². The summed E-state index contributed by atoms with van der Waals surface area (Å²) in [6, 6.07) is 2.81. The lowest BCUT2D eigenvalue weighted by Gasteiger charge is -2.12. The molecule has 0 aliphatic heterocycles. The van der Waals surface area contributed by atoms with Gasteiger partial charge >= 0.3 is 6.18 Å². The third kappa shape index (κ3) is 6.64. The Bertz CT molecular complexity index is 507. The van der Waals surface area contributed by atoms with Crippen LogP contribution in [0.15, 0.2) is 18.2 Å². The molecule has 0 atom stereocenters. The number of hydrogen-bond donors (Lipinski definition) is 2. The van der Waals surface area contributed by atoms with Crippen molar-refractivity contribution in [3.63, 3.8) is 0 Å². The van der Waals surface area contributed by atoms with Gasteiger partial charge in [-0.2, -0.15) is 13.2 Å². The van der Waals surface area contributed by atoms with Gasteiger partial charge in [0.15, 0.2) is 0 Å². The molecule has 0 saturated carbocycles. The highest BCUT2D eigenvalue weighted by Gasteiger charge is 2.31. The van der Waals surface area contributed by atoms with Gasteiger partial charge in [-0.15, -0.1) is 0 Å². The first-order valence-electron chi connectivity index (χ1n) is 6.72. The SMILES string of the molecule is CN(C)CCCNCC(=O)Nc1cc(C(F)(F)F)ccc1Cl. The number of benzene rings is 1. The van der Waals surface area contributed by atoms with E-state index in [2.05, 4.69) is 10.6 Å². The average Bonchev–Trinajstić information content (AvgIpc) is 2.39. The first-order chi connectivity index (χ1) is 10.2. The largest absolute Gasteiger partial charge is 0.416 e. The zero-order chi connectivity index (χ0) is 16.8. The lowest BCUT2D eigenvalue weighted by atomic mass is 10.2. The Morgan fingerprint density at radius 3 is 2.59 bits per heavy atom. The molecule has 0 unspecified atom stereocenters. The van der Waals surface area contributed by atoms with Crippen LogP contribution in [-0.2, 0) is 11.0 Å². The van der Waals surface area contributed by atoms with E-state index >= 15 is 0 Å². The second-order valence-electron chi connectivity index (χ2n) is 5.07. The molecule has 124 valence electrons. The molecule has 0 bridgehead atoms. The molecule has 0 aromatic heterocycles. The molecule has 1 aromatic rings.